The highest BCUT2D eigenvalue weighted by Crippen LogP contribution is 2.18. The Bertz CT molecular complexity index is 355. The number of aliphatic imine (C=N–C) groups is 1. The molecule has 0 aliphatic carbocycles. The molecule has 0 heterocycles. The molecular formula is C13H21NSSi. The Morgan fingerprint density at radius 2 is 1.94 bits per heavy atom. The van der Waals surface area contributed by atoms with Gasteiger partial charge in [0.25, 0.3) is 0 Å². The first-order valence-corrected chi connectivity index (χ1v) is 10.9. The third-order valence-electron chi connectivity index (χ3n) is 2.17. The Kier molecular flexibility index (Phi) is 5.29. The van der Waals surface area contributed by atoms with Crippen molar-refractivity contribution in [3.63, 3.8) is 0 Å². The topological polar surface area (TPSA) is 12.4 Å². The Labute approximate surface area is 104 Å². The number of rotatable bonds is 5. The minimum absolute atomic E-state index is 0.934. The molecule has 88 valence electrons. The molecule has 3 heteroatoms. The summed E-state index contributed by atoms with van der Waals surface area (Å²) in [6.07, 6.45) is 2.00. The van der Waals surface area contributed by atoms with Gasteiger partial charge in [0.1, 0.15) is 7.22 Å². The second-order valence-electron chi connectivity index (χ2n) is 4.85. The summed E-state index contributed by atoms with van der Waals surface area (Å²) in [7, 11) is -0.955. The van der Waals surface area contributed by atoms with Crippen LogP contribution in [0.1, 0.15) is 11.1 Å². The Morgan fingerprint density at radius 1 is 1.25 bits per heavy atom. The Balaban J connectivity index is 2.36. The molecule has 0 aliphatic rings. The summed E-state index contributed by atoms with van der Waals surface area (Å²) in [4.78, 5) is 4.48. The lowest BCUT2D eigenvalue weighted by atomic mass is 10.1. The molecule has 0 saturated carbocycles. The molecular weight excluding hydrogens is 230 g/mol. The lowest BCUT2D eigenvalue weighted by Gasteiger charge is -2.13. The summed E-state index contributed by atoms with van der Waals surface area (Å²) < 4.78 is 0. The minimum Gasteiger partial charge on any atom is -0.292 e. The van der Waals surface area contributed by atoms with Crippen LogP contribution >= 0.6 is 11.2 Å². The van der Waals surface area contributed by atoms with Gasteiger partial charge in [0.15, 0.2) is 0 Å². The van der Waals surface area contributed by atoms with Crippen molar-refractivity contribution >= 4 is 24.6 Å². The molecule has 0 spiro atoms. The normalized spacial score (nSPS) is 12.2. The molecule has 0 N–H and O–H groups in total. The van der Waals surface area contributed by atoms with E-state index < -0.39 is 7.22 Å². The van der Waals surface area contributed by atoms with Crippen LogP contribution in [-0.2, 0) is 0 Å². The fraction of sp³-hybridized carbons (Fsp3) is 0.462. The van der Waals surface area contributed by atoms with Crippen LogP contribution < -0.4 is 0 Å². The predicted molar refractivity (Wildman–Crippen MR) is 79.4 cm³/mol. The second-order valence-corrected chi connectivity index (χ2v) is 14.3. The maximum Gasteiger partial charge on any atom is 0.108 e. The molecule has 0 aromatic heterocycles. The number of benzene rings is 1. The number of nitrogens with zero attached hydrogens (tertiary/aromatic N) is 1. The van der Waals surface area contributed by atoms with Crippen LogP contribution in [0.5, 0.6) is 0 Å². The van der Waals surface area contributed by atoms with E-state index in [0.29, 0.717) is 0 Å². The molecule has 0 atom stereocenters. The number of aryl methyl sites for hydroxylation is 1. The van der Waals surface area contributed by atoms with Gasteiger partial charge in [-0.25, -0.2) is 0 Å². The SMILES string of the molecule is Cc1ccccc1C=NCCS[Si](C)(C)C. The van der Waals surface area contributed by atoms with Gasteiger partial charge in [-0.15, -0.1) is 0 Å². The highest BCUT2D eigenvalue weighted by Gasteiger charge is 2.11. The average molecular weight is 251 g/mol. The molecule has 1 rings (SSSR count). The zero-order valence-electron chi connectivity index (χ0n) is 10.7. The van der Waals surface area contributed by atoms with Crippen molar-refractivity contribution < 1.29 is 0 Å². The van der Waals surface area contributed by atoms with E-state index in [1.807, 2.05) is 6.21 Å². The zero-order chi connectivity index (χ0) is 12.0. The molecule has 0 unspecified atom stereocenters. The quantitative estimate of drug-likeness (QED) is 0.438. The molecule has 0 fully saturated rings. The standard InChI is InChI=1S/C13H21NSSi/c1-12-7-5-6-8-13(12)11-14-9-10-15-16(2,3)4/h5-8,11H,9-10H2,1-4H3. The third kappa shape index (κ3) is 5.52. The minimum atomic E-state index is -0.955. The molecule has 1 nitrogen and oxygen atoms in total. The van der Waals surface area contributed by atoms with E-state index in [9.17, 15) is 0 Å². The van der Waals surface area contributed by atoms with Crippen LogP contribution in [0.2, 0.25) is 19.6 Å². The molecule has 1 aromatic carbocycles. The van der Waals surface area contributed by atoms with Crippen molar-refractivity contribution in [1.82, 2.24) is 0 Å². The molecule has 0 saturated heterocycles. The first-order chi connectivity index (χ1) is 7.49. The summed E-state index contributed by atoms with van der Waals surface area (Å²) in [6.45, 7) is 10.2. The molecule has 1 aromatic rings. The largest absolute Gasteiger partial charge is 0.292 e. The van der Waals surface area contributed by atoms with Crippen molar-refractivity contribution in [2.75, 3.05) is 12.3 Å². The smallest absolute Gasteiger partial charge is 0.108 e. The van der Waals surface area contributed by atoms with Gasteiger partial charge in [-0.3, -0.25) is 4.99 Å². The summed E-state index contributed by atoms with van der Waals surface area (Å²) in [5.41, 5.74) is 2.53. The van der Waals surface area contributed by atoms with Gasteiger partial charge < -0.3 is 0 Å². The van der Waals surface area contributed by atoms with Gasteiger partial charge in [0, 0.05) is 18.5 Å². The first-order valence-electron chi connectivity index (χ1n) is 5.68. The van der Waals surface area contributed by atoms with E-state index in [0.717, 1.165) is 12.3 Å². The van der Waals surface area contributed by atoms with Crippen molar-refractivity contribution in [3.8, 4) is 0 Å². The van der Waals surface area contributed by atoms with Gasteiger partial charge in [0.05, 0.1) is 0 Å². The highest BCUT2D eigenvalue weighted by molar-refractivity contribution is 8.28. The van der Waals surface area contributed by atoms with Crippen LogP contribution in [0, 0.1) is 6.92 Å². The van der Waals surface area contributed by atoms with Crippen LogP contribution in [0.25, 0.3) is 0 Å². The molecule has 16 heavy (non-hydrogen) atoms. The summed E-state index contributed by atoms with van der Waals surface area (Å²) in [6, 6.07) is 8.36. The van der Waals surface area contributed by atoms with Crippen LogP contribution in [0.4, 0.5) is 0 Å². The lowest BCUT2D eigenvalue weighted by molar-refractivity contribution is 1.16. The van der Waals surface area contributed by atoms with E-state index in [2.05, 4.69) is 67.0 Å². The van der Waals surface area contributed by atoms with E-state index in [1.165, 1.54) is 11.1 Å². The third-order valence-corrected chi connectivity index (χ3v) is 6.64. The average Bonchev–Trinajstić information content (AvgIpc) is 2.18. The van der Waals surface area contributed by atoms with E-state index in [4.69, 9.17) is 0 Å². The highest BCUT2D eigenvalue weighted by atomic mass is 32.4. The van der Waals surface area contributed by atoms with Crippen LogP contribution in [0.15, 0.2) is 29.3 Å². The van der Waals surface area contributed by atoms with Gasteiger partial charge in [-0.05, 0) is 18.1 Å². The van der Waals surface area contributed by atoms with Crippen molar-refractivity contribution in [3.05, 3.63) is 35.4 Å². The second kappa shape index (κ2) is 6.26. The lowest BCUT2D eigenvalue weighted by Crippen LogP contribution is -2.15. The predicted octanol–water partition coefficient (Wildman–Crippen LogP) is 3.98. The van der Waals surface area contributed by atoms with Gasteiger partial charge >= 0.3 is 0 Å². The van der Waals surface area contributed by atoms with Gasteiger partial charge in [0.2, 0.25) is 0 Å². The Morgan fingerprint density at radius 3 is 2.56 bits per heavy atom. The Hall–Kier alpha value is -0.543. The summed E-state index contributed by atoms with van der Waals surface area (Å²) >= 11 is 2.10. The van der Waals surface area contributed by atoms with Crippen LogP contribution in [-0.4, -0.2) is 25.7 Å². The van der Waals surface area contributed by atoms with E-state index in [1.54, 1.807) is 0 Å². The molecule has 0 amide bonds. The maximum atomic E-state index is 4.48. The van der Waals surface area contributed by atoms with Crippen molar-refractivity contribution in [2.24, 2.45) is 4.99 Å². The van der Waals surface area contributed by atoms with E-state index in [-0.39, 0.29) is 0 Å². The van der Waals surface area contributed by atoms with Crippen molar-refractivity contribution in [1.29, 1.82) is 0 Å². The fourth-order valence-corrected chi connectivity index (χ4v) is 4.22. The van der Waals surface area contributed by atoms with Crippen molar-refractivity contribution in [2.45, 2.75) is 26.6 Å². The van der Waals surface area contributed by atoms with Crippen LogP contribution in [0.3, 0.4) is 0 Å². The van der Waals surface area contributed by atoms with E-state index >= 15 is 0 Å². The van der Waals surface area contributed by atoms with Gasteiger partial charge in [-0.1, -0.05) is 43.9 Å². The molecule has 0 aliphatic heterocycles. The monoisotopic (exact) mass is 251 g/mol. The fourth-order valence-electron chi connectivity index (χ4n) is 1.30. The number of hydrogen-bond acceptors (Lipinski definition) is 2. The molecule has 0 bridgehead atoms. The zero-order valence-corrected chi connectivity index (χ0v) is 12.5. The number of hydrogen-bond donors (Lipinski definition) is 0. The maximum absolute atomic E-state index is 4.48. The summed E-state index contributed by atoms with van der Waals surface area (Å²) in [5, 5.41) is 0. The summed E-state index contributed by atoms with van der Waals surface area (Å²) in [5.74, 6) is 1.15. The first kappa shape index (κ1) is 13.5. The molecule has 0 radical (unpaired) electrons. The van der Waals surface area contributed by atoms with Gasteiger partial charge in [-0.2, -0.15) is 11.2 Å².